The molecule has 0 aliphatic carbocycles. The van der Waals surface area contributed by atoms with Gasteiger partial charge in [0.25, 0.3) is 0 Å². The molecule has 2 nitrogen and oxygen atoms in total. The zero-order valence-electron chi connectivity index (χ0n) is 20.9. The number of rotatable bonds is 5. The molecule has 1 aromatic heterocycles. The second-order valence-corrected chi connectivity index (χ2v) is 9.41. The Balaban J connectivity index is 1.65. The number of hydrogen-bond acceptors (Lipinski definition) is 1. The Hall–Kier alpha value is -5.08. The van der Waals surface area contributed by atoms with Gasteiger partial charge in [-0.3, -0.25) is 0 Å². The van der Waals surface area contributed by atoms with E-state index in [-0.39, 0.29) is 0 Å². The lowest BCUT2D eigenvalue weighted by Gasteiger charge is -2.26. The van der Waals surface area contributed by atoms with Crippen LogP contribution in [0.3, 0.4) is 0 Å². The van der Waals surface area contributed by atoms with Gasteiger partial charge in [0.2, 0.25) is 0 Å². The third-order valence-electron chi connectivity index (χ3n) is 7.16. The molecule has 0 aliphatic rings. The number of fused-ring (bicyclic) bond motifs is 3. The molecule has 0 amide bonds. The van der Waals surface area contributed by atoms with Gasteiger partial charge >= 0.3 is 0 Å². The highest BCUT2D eigenvalue weighted by Crippen LogP contribution is 2.46. The Morgan fingerprint density at radius 1 is 0.395 bits per heavy atom. The standard InChI is InChI=1S/C36H26N2/c1-5-15-27(16-6-1)31-23-13-24-32-35(31)36-33(25-14-26-34(36)38(32)30-21-11-4-12-22-30)37(28-17-7-2-8-18-28)29-19-9-3-10-20-29/h1-26H. The van der Waals surface area contributed by atoms with Crippen LogP contribution >= 0.6 is 0 Å². The van der Waals surface area contributed by atoms with E-state index in [1.54, 1.807) is 0 Å². The molecule has 2 heteroatoms. The molecule has 0 N–H and O–H groups in total. The van der Waals surface area contributed by atoms with E-state index in [4.69, 9.17) is 0 Å². The van der Waals surface area contributed by atoms with Gasteiger partial charge in [-0.1, -0.05) is 103 Å². The Bertz CT molecular complexity index is 1800. The van der Waals surface area contributed by atoms with Crippen molar-refractivity contribution in [2.24, 2.45) is 0 Å². The number of benzene rings is 6. The Labute approximate surface area is 222 Å². The predicted molar refractivity (Wildman–Crippen MR) is 161 cm³/mol. The van der Waals surface area contributed by atoms with Crippen molar-refractivity contribution in [3.63, 3.8) is 0 Å². The minimum atomic E-state index is 1.13. The van der Waals surface area contributed by atoms with Crippen LogP contribution in [0.2, 0.25) is 0 Å². The lowest BCUT2D eigenvalue weighted by molar-refractivity contribution is 1.18. The highest BCUT2D eigenvalue weighted by Gasteiger charge is 2.22. The second-order valence-electron chi connectivity index (χ2n) is 9.41. The van der Waals surface area contributed by atoms with Gasteiger partial charge in [-0.25, -0.2) is 0 Å². The molecule has 0 aliphatic heterocycles. The smallest absolute Gasteiger partial charge is 0.0562 e. The Morgan fingerprint density at radius 2 is 0.895 bits per heavy atom. The second kappa shape index (κ2) is 9.42. The van der Waals surface area contributed by atoms with E-state index in [0.29, 0.717) is 0 Å². The Kier molecular flexibility index (Phi) is 5.49. The lowest BCUT2D eigenvalue weighted by atomic mass is 9.98. The average Bonchev–Trinajstić information content (AvgIpc) is 3.35. The van der Waals surface area contributed by atoms with E-state index in [1.165, 1.54) is 32.9 Å². The number of anilines is 3. The normalized spacial score (nSPS) is 11.2. The van der Waals surface area contributed by atoms with E-state index in [9.17, 15) is 0 Å². The quantitative estimate of drug-likeness (QED) is 0.235. The number of para-hydroxylation sites is 3. The van der Waals surface area contributed by atoms with Gasteiger partial charge in [0.05, 0.1) is 16.7 Å². The molecule has 0 spiro atoms. The maximum atomic E-state index is 2.40. The monoisotopic (exact) mass is 486 g/mol. The van der Waals surface area contributed by atoms with Crippen LogP contribution in [0, 0.1) is 0 Å². The summed E-state index contributed by atoms with van der Waals surface area (Å²) in [6.07, 6.45) is 0. The molecule has 0 unspecified atom stereocenters. The fourth-order valence-electron chi connectivity index (χ4n) is 5.57. The molecule has 0 atom stereocenters. The largest absolute Gasteiger partial charge is 0.310 e. The fourth-order valence-corrected chi connectivity index (χ4v) is 5.57. The van der Waals surface area contributed by atoms with E-state index < -0.39 is 0 Å². The van der Waals surface area contributed by atoms with Crippen molar-refractivity contribution in [3.05, 3.63) is 158 Å². The van der Waals surface area contributed by atoms with Crippen molar-refractivity contribution in [2.75, 3.05) is 4.90 Å². The first-order chi connectivity index (χ1) is 18.9. The van der Waals surface area contributed by atoms with Gasteiger partial charge < -0.3 is 9.47 Å². The summed E-state index contributed by atoms with van der Waals surface area (Å²) in [5.41, 5.74) is 9.39. The molecular weight excluding hydrogens is 460 g/mol. The van der Waals surface area contributed by atoms with Crippen LogP contribution in [-0.4, -0.2) is 4.57 Å². The summed E-state index contributed by atoms with van der Waals surface area (Å²) in [5.74, 6) is 0. The summed E-state index contributed by atoms with van der Waals surface area (Å²) in [4.78, 5) is 2.37. The molecule has 0 fully saturated rings. The molecule has 38 heavy (non-hydrogen) atoms. The number of aromatic nitrogens is 1. The van der Waals surface area contributed by atoms with Gasteiger partial charge in [0.15, 0.2) is 0 Å². The topological polar surface area (TPSA) is 8.17 Å². The van der Waals surface area contributed by atoms with Crippen LogP contribution in [-0.2, 0) is 0 Å². The van der Waals surface area contributed by atoms with E-state index >= 15 is 0 Å². The van der Waals surface area contributed by atoms with Crippen LogP contribution in [0.1, 0.15) is 0 Å². The van der Waals surface area contributed by atoms with E-state index in [1.807, 2.05) is 0 Å². The van der Waals surface area contributed by atoms with Crippen molar-refractivity contribution in [1.29, 1.82) is 0 Å². The van der Waals surface area contributed by atoms with Gasteiger partial charge in [0.1, 0.15) is 0 Å². The van der Waals surface area contributed by atoms with Gasteiger partial charge in [-0.2, -0.15) is 0 Å². The molecule has 7 aromatic rings. The molecule has 0 saturated heterocycles. The maximum absolute atomic E-state index is 2.40. The van der Waals surface area contributed by atoms with Crippen molar-refractivity contribution in [3.8, 4) is 16.8 Å². The fraction of sp³-hybridized carbons (Fsp3) is 0. The minimum absolute atomic E-state index is 1.13. The zero-order chi connectivity index (χ0) is 25.3. The third kappa shape index (κ3) is 3.66. The maximum Gasteiger partial charge on any atom is 0.0562 e. The van der Waals surface area contributed by atoms with Gasteiger partial charge in [0, 0.05) is 27.8 Å². The molecule has 7 rings (SSSR count). The first-order valence-electron chi connectivity index (χ1n) is 13.0. The summed E-state index contributed by atoms with van der Waals surface area (Å²) in [6, 6.07) is 56.0. The molecule has 0 saturated carbocycles. The van der Waals surface area contributed by atoms with Crippen LogP contribution in [0.25, 0.3) is 38.6 Å². The molecule has 1 heterocycles. The molecule has 180 valence electrons. The van der Waals surface area contributed by atoms with Crippen molar-refractivity contribution in [1.82, 2.24) is 4.57 Å². The van der Waals surface area contributed by atoms with Crippen molar-refractivity contribution in [2.45, 2.75) is 0 Å². The van der Waals surface area contributed by atoms with E-state index in [2.05, 4.69) is 167 Å². The van der Waals surface area contributed by atoms with Crippen LogP contribution in [0.15, 0.2) is 158 Å². The Morgan fingerprint density at radius 3 is 1.50 bits per heavy atom. The predicted octanol–water partition coefficient (Wildman–Crippen LogP) is 9.92. The van der Waals surface area contributed by atoms with Crippen molar-refractivity contribution < 1.29 is 0 Å². The lowest BCUT2D eigenvalue weighted by Crippen LogP contribution is -2.10. The summed E-state index contributed by atoms with van der Waals surface area (Å²) < 4.78 is 2.40. The van der Waals surface area contributed by atoms with Crippen LogP contribution < -0.4 is 4.90 Å². The van der Waals surface area contributed by atoms with Crippen LogP contribution in [0.5, 0.6) is 0 Å². The number of hydrogen-bond donors (Lipinski definition) is 0. The first-order valence-corrected chi connectivity index (χ1v) is 13.0. The van der Waals surface area contributed by atoms with E-state index in [0.717, 1.165) is 22.7 Å². The van der Waals surface area contributed by atoms with Crippen molar-refractivity contribution >= 4 is 38.9 Å². The molecule has 6 aromatic carbocycles. The van der Waals surface area contributed by atoms with Crippen LogP contribution in [0.4, 0.5) is 17.1 Å². The SMILES string of the molecule is c1ccc(-c2cccc3c2c2c(N(c4ccccc4)c4ccccc4)cccc2n3-c2ccccc2)cc1. The molecular formula is C36H26N2. The third-order valence-corrected chi connectivity index (χ3v) is 7.16. The average molecular weight is 487 g/mol. The zero-order valence-corrected chi connectivity index (χ0v) is 20.9. The summed E-state index contributed by atoms with van der Waals surface area (Å²) in [6.45, 7) is 0. The highest BCUT2D eigenvalue weighted by atomic mass is 15.1. The summed E-state index contributed by atoms with van der Waals surface area (Å²) in [7, 11) is 0. The first kappa shape index (κ1) is 22.1. The number of nitrogens with zero attached hydrogens (tertiary/aromatic N) is 2. The summed E-state index contributed by atoms with van der Waals surface area (Å²) in [5, 5.41) is 2.49. The van der Waals surface area contributed by atoms with Gasteiger partial charge in [-0.15, -0.1) is 0 Å². The molecule has 0 bridgehead atoms. The van der Waals surface area contributed by atoms with Gasteiger partial charge in [-0.05, 0) is 65.7 Å². The molecule has 0 radical (unpaired) electrons. The highest BCUT2D eigenvalue weighted by molar-refractivity contribution is 6.21. The minimum Gasteiger partial charge on any atom is -0.310 e. The summed E-state index contributed by atoms with van der Waals surface area (Å²) >= 11 is 0.